The summed E-state index contributed by atoms with van der Waals surface area (Å²) >= 11 is 0. The lowest BCUT2D eigenvalue weighted by Gasteiger charge is -2.16. The second kappa shape index (κ2) is 4.99. The fourth-order valence-corrected chi connectivity index (χ4v) is 1.85. The summed E-state index contributed by atoms with van der Waals surface area (Å²) in [6, 6.07) is 6.40. The minimum Gasteiger partial charge on any atom is -0.345 e. The van der Waals surface area contributed by atoms with Crippen molar-refractivity contribution in [1.29, 1.82) is 0 Å². The smallest absolute Gasteiger partial charge is 0.270 e. The molecular formula is C14H17F2N3. The zero-order valence-corrected chi connectivity index (χ0v) is 11.3. The zero-order valence-electron chi connectivity index (χ0n) is 11.3. The summed E-state index contributed by atoms with van der Waals surface area (Å²) in [6.07, 6.45) is 3.58. The van der Waals surface area contributed by atoms with E-state index in [1.54, 1.807) is 12.4 Å². The molecule has 1 aliphatic heterocycles. The van der Waals surface area contributed by atoms with Gasteiger partial charge in [-0.25, -0.2) is 13.8 Å². The first kappa shape index (κ1) is 13.5. The Bertz CT molecular complexity index is 518. The molecule has 1 heterocycles. The summed E-state index contributed by atoms with van der Waals surface area (Å²) in [5.74, 6) is -2.82. The van der Waals surface area contributed by atoms with Crippen LogP contribution in [0.4, 0.5) is 8.78 Å². The Kier molecular flexibility index (Phi) is 3.55. The molecule has 0 N–H and O–H groups in total. The maximum Gasteiger partial charge on any atom is 0.270 e. The topological polar surface area (TPSA) is 18.8 Å². The lowest BCUT2D eigenvalue weighted by Crippen LogP contribution is -2.21. The number of halogens is 2. The third-order valence-corrected chi connectivity index (χ3v) is 2.92. The van der Waals surface area contributed by atoms with Gasteiger partial charge in [0.25, 0.3) is 5.92 Å². The van der Waals surface area contributed by atoms with E-state index in [4.69, 9.17) is 0 Å². The first-order valence-electron chi connectivity index (χ1n) is 6.05. The van der Waals surface area contributed by atoms with Gasteiger partial charge >= 0.3 is 0 Å². The van der Waals surface area contributed by atoms with Crippen LogP contribution in [0, 0.1) is 0 Å². The van der Waals surface area contributed by atoms with Crippen molar-refractivity contribution in [3.8, 4) is 0 Å². The van der Waals surface area contributed by atoms with Gasteiger partial charge in [0.15, 0.2) is 0 Å². The third-order valence-electron chi connectivity index (χ3n) is 2.92. The van der Waals surface area contributed by atoms with Gasteiger partial charge < -0.3 is 4.90 Å². The maximum absolute atomic E-state index is 13.3. The van der Waals surface area contributed by atoms with Crippen LogP contribution in [-0.2, 0) is 5.92 Å². The lowest BCUT2D eigenvalue weighted by atomic mass is 10.1. The van der Waals surface area contributed by atoms with E-state index in [0.717, 1.165) is 18.2 Å². The van der Waals surface area contributed by atoms with Crippen LogP contribution in [0.1, 0.15) is 25.0 Å². The molecule has 0 saturated carbocycles. The van der Waals surface area contributed by atoms with Crippen LogP contribution in [0.15, 0.2) is 35.1 Å². The molecule has 5 heteroatoms. The molecule has 0 aliphatic carbocycles. The number of allylic oxidation sites excluding steroid dienone is 1. The third kappa shape index (κ3) is 3.30. The van der Waals surface area contributed by atoms with Crippen LogP contribution in [0.3, 0.4) is 0 Å². The molecule has 2 rings (SSSR count). The van der Waals surface area contributed by atoms with Gasteiger partial charge in [-0.1, -0.05) is 18.2 Å². The number of hydrazone groups is 1. The molecular weight excluding hydrogens is 248 g/mol. The molecule has 0 atom stereocenters. The molecule has 1 aromatic rings. The standard InChI is InChI=1S/C14H17F2N3/c1-11(19-10-18(3)9-17-19)7-12-5-4-6-13(8-12)14(2,15)16/h4-9H,10H2,1-3H3/b11-7-. The SMILES string of the molecule is C/C(=C/c1cccc(C(C)(F)F)c1)N1CN(C)C=N1. The second-order valence-corrected chi connectivity index (χ2v) is 4.83. The summed E-state index contributed by atoms with van der Waals surface area (Å²) in [5, 5.41) is 6.02. The molecule has 0 aromatic heterocycles. The van der Waals surface area contributed by atoms with E-state index in [9.17, 15) is 8.78 Å². The predicted octanol–water partition coefficient (Wildman–Crippen LogP) is 3.31. The van der Waals surface area contributed by atoms with Crippen LogP contribution in [0.5, 0.6) is 0 Å². The summed E-state index contributed by atoms with van der Waals surface area (Å²) in [4.78, 5) is 1.94. The number of hydrogen-bond acceptors (Lipinski definition) is 3. The van der Waals surface area contributed by atoms with Gasteiger partial charge in [-0.05, 0) is 24.6 Å². The van der Waals surface area contributed by atoms with Crippen molar-refractivity contribution in [3.63, 3.8) is 0 Å². The van der Waals surface area contributed by atoms with Gasteiger partial charge in [-0.2, -0.15) is 5.10 Å². The molecule has 0 bridgehead atoms. The van der Waals surface area contributed by atoms with E-state index in [0.29, 0.717) is 6.67 Å². The van der Waals surface area contributed by atoms with Gasteiger partial charge in [0.2, 0.25) is 0 Å². The van der Waals surface area contributed by atoms with E-state index >= 15 is 0 Å². The Morgan fingerprint density at radius 1 is 1.42 bits per heavy atom. The number of alkyl halides is 2. The lowest BCUT2D eigenvalue weighted by molar-refractivity contribution is 0.0174. The highest BCUT2D eigenvalue weighted by molar-refractivity contribution is 5.58. The quantitative estimate of drug-likeness (QED) is 0.835. The number of hydrogen-bond donors (Lipinski definition) is 0. The first-order valence-corrected chi connectivity index (χ1v) is 6.05. The fraction of sp³-hybridized carbons (Fsp3) is 0.357. The molecule has 0 fully saturated rings. The molecule has 0 amide bonds. The van der Waals surface area contributed by atoms with Crippen molar-refractivity contribution in [1.82, 2.24) is 9.91 Å². The molecule has 0 saturated heterocycles. The number of benzene rings is 1. The number of nitrogens with zero attached hydrogens (tertiary/aromatic N) is 3. The molecule has 1 aromatic carbocycles. The first-order chi connectivity index (χ1) is 8.86. The van der Waals surface area contributed by atoms with Gasteiger partial charge in [-0.3, -0.25) is 0 Å². The van der Waals surface area contributed by atoms with Crippen LogP contribution in [-0.4, -0.2) is 30.0 Å². The van der Waals surface area contributed by atoms with Gasteiger partial charge in [0, 0.05) is 25.2 Å². The Balaban J connectivity index is 2.21. The molecule has 0 unspecified atom stereocenters. The second-order valence-electron chi connectivity index (χ2n) is 4.83. The van der Waals surface area contributed by atoms with E-state index in [2.05, 4.69) is 5.10 Å². The predicted molar refractivity (Wildman–Crippen MR) is 72.6 cm³/mol. The Morgan fingerprint density at radius 3 is 2.74 bits per heavy atom. The van der Waals surface area contributed by atoms with Gasteiger partial charge in [0.1, 0.15) is 13.0 Å². The summed E-state index contributed by atoms with van der Waals surface area (Å²) < 4.78 is 26.5. The maximum atomic E-state index is 13.3. The van der Waals surface area contributed by atoms with Crippen molar-refractivity contribution in [2.24, 2.45) is 5.10 Å². The number of rotatable bonds is 3. The van der Waals surface area contributed by atoms with Gasteiger partial charge in [-0.15, -0.1) is 0 Å². The summed E-state index contributed by atoms with van der Waals surface area (Å²) in [7, 11) is 1.93. The molecule has 1 aliphatic rings. The van der Waals surface area contributed by atoms with Crippen molar-refractivity contribution in [2.75, 3.05) is 13.7 Å². The van der Waals surface area contributed by atoms with Crippen LogP contribution in [0.2, 0.25) is 0 Å². The fourth-order valence-electron chi connectivity index (χ4n) is 1.85. The average Bonchev–Trinajstić information content (AvgIpc) is 2.75. The van der Waals surface area contributed by atoms with E-state index < -0.39 is 5.92 Å². The Hall–Kier alpha value is -1.91. The highest BCUT2D eigenvalue weighted by Crippen LogP contribution is 2.28. The van der Waals surface area contributed by atoms with Crippen LogP contribution >= 0.6 is 0 Å². The molecule has 0 spiro atoms. The van der Waals surface area contributed by atoms with Crippen molar-refractivity contribution in [3.05, 3.63) is 41.1 Å². The van der Waals surface area contributed by atoms with Crippen molar-refractivity contribution >= 4 is 12.4 Å². The Morgan fingerprint density at radius 2 is 2.16 bits per heavy atom. The Labute approximate surface area is 111 Å². The monoisotopic (exact) mass is 265 g/mol. The average molecular weight is 265 g/mol. The van der Waals surface area contributed by atoms with E-state index in [1.807, 2.05) is 36.0 Å². The van der Waals surface area contributed by atoms with E-state index in [-0.39, 0.29) is 5.56 Å². The van der Waals surface area contributed by atoms with Crippen molar-refractivity contribution < 1.29 is 8.78 Å². The highest BCUT2D eigenvalue weighted by Gasteiger charge is 2.24. The zero-order chi connectivity index (χ0) is 14.0. The molecule has 3 nitrogen and oxygen atoms in total. The van der Waals surface area contributed by atoms with Gasteiger partial charge in [0.05, 0.1) is 0 Å². The normalized spacial score (nSPS) is 16.4. The van der Waals surface area contributed by atoms with Crippen LogP contribution in [0.25, 0.3) is 6.08 Å². The minimum absolute atomic E-state index is 0.0242. The molecule has 102 valence electrons. The van der Waals surface area contributed by atoms with E-state index in [1.165, 1.54) is 12.1 Å². The van der Waals surface area contributed by atoms with Crippen LogP contribution < -0.4 is 0 Å². The highest BCUT2D eigenvalue weighted by atomic mass is 19.3. The summed E-state index contributed by atoms with van der Waals surface area (Å²) in [6.45, 7) is 3.49. The molecule has 19 heavy (non-hydrogen) atoms. The molecule has 0 radical (unpaired) electrons. The minimum atomic E-state index is -2.82. The largest absolute Gasteiger partial charge is 0.345 e. The van der Waals surface area contributed by atoms with Crippen molar-refractivity contribution in [2.45, 2.75) is 19.8 Å². The summed E-state index contributed by atoms with van der Waals surface area (Å²) in [5.41, 5.74) is 1.69.